The highest BCUT2D eigenvalue weighted by Crippen LogP contribution is 2.23. The topological polar surface area (TPSA) is 42.0 Å². The number of piperidine rings is 1. The number of likely N-dealkylation sites (tertiary alicyclic amines) is 1. The first-order valence-corrected chi connectivity index (χ1v) is 10.6. The number of carbonyl (C=O) groups is 1. The molecule has 2 aromatic carbocycles. The normalized spacial score (nSPS) is 19.3. The maximum Gasteiger partial charge on any atom is 0.410 e. The lowest BCUT2D eigenvalue weighted by atomic mass is 10.0. The summed E-state index contributed by atoms with van der Waals surface area (Å²) in [6, 6.07) is 12.6. The zero-order valence-electron chi connectivity index (χ0n) is 18.3. The van der Waals surface area contributed by atoms with Crippen molar-refractivity contribution in [1.29, 1.82) is 0 Å². The Bertz CT molecular complexity index is 843. The molecule has 1 aliphatic heterocycles. The highest BCUT2D eigenvalue weighted by Gasteiger charge is 2.35. The average molecular weight is 433 g/mol. The molecule has 168 valence electrons. The molecular weight excluding hydrogens is 402 g/mol. The molecular formula is C24H30F2N2O3. The maximum atomic E-state index is 14.8. The van der Waals surface area contributed by atoms with Crippen LogP contribution in [0.3, 0.4) is 0 Å². The van der Waals surface area contributed by atoms with Gasteiger partial charge in [-0.25, -0.2) is 13.6 Å². The van der Waals surface area contributed by atoms with E-state index in [9.17, 15) is 13.6 Å². The summed E-state index contributed by atoms with van der Waals surface area (Å²) >= 11 is 0. The van der Waals surface area contributed by atoms with Crippen molar-refractivity contribution in [3.8, 4) is 5.75 Å². The van der Waals surface area contributed by atoms with Gasteiger partial charge in [0, 0.05) is 19.6 Å². The van der Waals surface area contributed by atoms with Crippen LogP contribution >= 0.6 is 0 Å². The Balaban J connectivity index is 1.68. The average Bonchev–Trinajstić information content (AvgIpc) is 2.73. The summed E-state index contributed by atoms with van der Waals surface area (Å²) in [6.45, 7) is 5.09. The van der Waals surface area contributed by atoms with Crippen molar-refractivity contribution in [2.75, 3.05) is 20.1 Å². The van der Waals surface area contributed by atoms with Crippen LogP contribution in [0.1, 0.15) is 31.4 Å². The fourth-order valence-electron chi connectivity index (χ4n) is 3.66. The van der Waals surface area contributed by atoms with Crippen molar-refractivity contribution < 1.29 is 23.0 Å². The first-order valence-electron chi connectivity index (χ1n) is 10.6. The number of amides is 1. The number of benzene rings is 2. The van der Waals surface area contributed by atoms with Crippen molar-refractivity contribution in [3.63, 3.8) is 0 Å². The fraction of sp³-hybridized carbons (Fsp3) is 0.458. The van der Waals surface area contributed by atoms with Crippen LogP contribution in [0.2, 0.25) is 0 Å². The minimum Gasteiger partial charge on any atom is -0.491 e. The molecule has 1 heterocycles. The first kappa shape index (κ1) is 23.0. The van der Waals surface area contributed by atoms with Gasteiger partial charge < -0.3 is 14.4 Å². The Hall–Kier alpha value is -2.67. The predicted octanol–water partition coefficient (Wildman–Crippen LogP) is 4.79. The van der Waals surface area contributed by atoms with E-state index in [0.717, 1.165) is 16.9 Å². The largest absolute Gasteiger partial charge is 0.491 e. The van der Waals surface area contributed by atoms with Crippen LogP contribution in [0.5, 0.6) is 5.75 Å². The number of rotatable bonds is 7. The third-order valence-corrected chi connectivity index (χ3v) is 5.27. The number of hydrogen-bond acceptors (Lipinski definition) is 4. The number of halogens is 2. The maximum absolute atomic E-state index is 14.8. The van der Waals surface area contributed by atoms with E-state index in [0.29, 0.717) is 13.0 Å². The highest BCUT2D eigenvalue weighted by atomic mass is 19.1. The smallest absolute Gasteiger partial charge is 0.410 e. The molecule has 0 aliphatic carbocycles. The molecule has 1 aliphatic rings. The van der Waals surface area contributed by atoms with E-state index in [-0.39, 0.29) is 31.6 Å². The van der Waals surface area contributed by atoms with Gasteiger partial charge in [0.2, 0.25) is 0 Å². The molecule has 0 unspecified atom stereocenters. The molecule has 1 saturated heterocycles. The highest BCUT2D eigenvalue weighted by molar-refractivity contribution is 5.68. The van der Waals surface area contributed by atoms with Gasteiger partial charge in [-0.2, -0.15) is 0 Å². The van der Waals surface area contributed by atoms with Crippen LogP contribution in [0, 0.1) is 5.82 Å². The Labute approximate surface area is 182 Å². The zero-order valence-corrected chi connectivity index (χ0v) is 18.3. The van der Waals surface area contributed by atoms with Crippen molar-refractivity contribution in [1.82, 2.24) is 9.80 Å². The quantitative estimate of drug-likeness (QED) is 0.631. The van der Waals surface area contributed by atoms with E-state index in [4.69, 9.17) is 9.47 Å². The van der Waals surface area contributed by atoms with Crippen LogP contribution in [0.25, 0.3) is 0 Å². The zero-order chi connectivity index (χ0) is 22.4. The first-order chi connectivity index (χ1) is 14.8. The van der Waals surface area contributed by atoms with Crippen molar-refractivity contribution >= 4 is 6.09 Å². The van der Waals surface area contributed by atoms with E-state index in [2.05, 4.69) is 0 Å². The Morgan fingerprint density at radius 2 is 1.77 bits per heavy atom. The van der Waals surface area contributed by atoms with Gasteiger partial charge in [-0.3, -0.25) is 4.90 Å². The summed E-state index contributed by atoms with van der Waals surface area (Å²) < 4.78 is 39.2. The molecule has 0 aromatic heterocycles. The second kappa shape index (κ2) is 10.6. The third kappa shape index (κ3) is 6.66. The van der Waals surface area contributed by atoms with Gasteiger partial charge in [0.15, 0.2) is 0 Å². The summed E-state index contributed by atoms with van der Waals surface area (Å²) in [5.74, 6) is 0.389. The molecule has 0 bridgehead atoms. The molecule has 31 heavy (non-hydrogen) atoms. The Morgan fingerprint density at radius 1 is 1.13 bits per heavy atom. The van der Waals surface area contributed by atoms with Gasteiger partial charge in [-0.1, -0.05) is 24.3 Å². The minimum atomic E-state index is -1.18. The lowest BCUT2D eigenvalue weighted by Gasteiger charge is -2.39. The molecule has 7 heteroatoms. The Kier molecular flexibility index (Phi) is 7.85. The van der Waals surface area contributed by atoms with Gasteiger partial charge in [0.1, 0.15) is 24.3 Å². The molecule has 0 N–H and O–H groups in total. The van der Waals surface area contributed by atoms with E-state index >= 15 is 0 Å². The number of alkyl halides is 1. The van der Waals surface area contributed by atoms with Crippen molar-refractivity contribution in [2.24, 2.45) is 0 Å². The fourth-order valence-corrected chi connectivity index (χ4v) is 3.66. The van der Waals surface area contributed by atoms with Crippen molar-refractivity contribution in [2.45, 2.75) is 51.7 Å². The van der Waals surface area contributed by atoms with Gasteiger partial charge in [0.25, 0.3) is 0 Å². The van der Waals surface area contributed by atoms with E-state index in [1.165, 1.54) is 17.0 Å². The van der Waals surface area contributed by atoms with E-state index in [1.807, 2.05) is 50.1 Å². The predicted molar refractivity (Wildman–Crippen MR) is 115 cm³/mol. The van der Waals surface area contributed by atoms with Crippen LogP contribution in [0.15, 0.2) is 48.5 Å². The van der Waals surface area contributed by atoms with Gasteiger partial charge in [-0.05, 0) is 62.7 Å². The summed E-state index contributed by atoms with van der Waals surface area (Å²) in [7, 11) is 1.86. The monoisotopic (exact) mass is 432 g/mol. The summed E-state index contributed by atoms with van der Waals surface area (Å²) in [6.07, 6.45) is -1.18. The van der Waals surface area contributed by atoms with E-state index < -0.39 is 18.3 Å². The summed E-state index contributed by atoms with van der Waals surface area (Å²) in [5.41, 5.74) is 1.53. The van der Waals surface area contributed by atoms with Gasteiger partial charge in [0.05, 0.1) is 12.1 Å². The second-order valence-corrected chi connectivity index (χ2v) is 8.25. The molecule has 1 amide bonds. The standard InChI is InChI=1S/C24H30F2N2O3/c1-17(2)31-21-10-6-19(7-11-21)16-30-24(29)28(14-18-4-8-20(25)9-5-18)23-12-13-27(3)15-22(23)26/h4-11,17,22-23H,12-16H2,1-3H3/t22-,23+/m0/s1. The Morgan fingerprint density at radius 3 is 2.39 bits per heavy atom. The lowest BCUT2D eigenvalue weighted by molar-refractivity contribution is 0.0235. The molecule has 5 nitrogen and oxygen atoms in total. The molecule has 0 radical (unpaired) electrons. The number of carbonyl (C=O) groups excluding carboxylic acids is 1. The third-order valence-electron chi connectivity index (χ3n) is 5.27. The molecule has 1 fully saturated rings. The van der Waals surface area contributed by atoms with Crippen LogP contribution in [-0.2, 0) is 17.9 Å². The number of hydrogen-bond donors (Lipinski definition) is 0. The number of nitrogens with zero attached hydrogens (tertiary/aromatic N) is 2. The SMILES string of the molecule is CC(C)Oc1ccc(COC(=O)N(Cc2ccc(F)cc2)[C@@H]2CCN(C)C[C@@H]2F)cc1. The summed E-state index contributed by atoms with van der Waals surface area (Å²) in [4.78, 5) is 16.3. The molecule has 0 saturated carbocycles. The van der Waals surface area contributed by atoms with Crippen LogP contribution in [0.4, 0.5) is 13.6 Å². The second-order valence-electron chi connectivity index (χ2n) is 8.25. The summed E-state index contributed by atoms with van der Waals surface area (Å²) in [5, 5.41) is 0. The van der Waals surface area contributed by atoms with Crippen LogP contribution in [-0.4, -0.2) is 54.3 Å². The van der Waals surface area contributed by atoms with Gasteiger partial charge >= 0.3 is 6.09 Å². The molecule has 0 spiro atoms. The van der Waals surface area contributed by atoms with Crippen molar-refractivity contribution in [3.05, 3.63) is 65.5 Å². The van der Waals surface area contributed by atoms with E-state index in [1.54, 1.807) is 12.1 Å². The molecule has 2 aromatic rings. The molecule has 3 rings (SSSR count). The minimum absolute atomic E-state index is 0.0737. The lowest BCUT2D eigenvalue weighted by Crippen LogP contribution is -2.53. The van der Waals surface area contributed by atoms with Crippen LogP contribution < -0.4 is 4.74 Å². The number of ether oxygens (including phenoxy) is 2. The molecule has 2 atom stereocenters. The van der Waals surface area contributed by atoms with Gasteiger partial charge in [-0.15, -0.1) is 0 Å².